The maximum Gasteiger partial charge on any atom is 0.172 e. The third-order valence-electron chi connectivity index (χ3n) is 12.0. The molecule has 0 N–H and O–H groups in total. The molecule has 9 aromatic rings. The average Bonchev–Trinajstić information content (AvgIpc) is 3.79. The van der Waals surface area contributed by atoms with Gasteiger partial charge in [0.05, 0.1) is 11.0 Å². The van der Waals surface area contributed by atoms with E-state index in [2.05, 4.69) is 164 Å². The minimum absolute atomic E-state index is 0.0647. The van der Waals surface area contributed by atoms with Crippen molar-refractivity contribution in [2.45, 2.75) is 19.3 Å². The third-order valence-corrected chi connectivity index (χ3v) is 15.2. The van der Waals surface area contributed by atoms with Gasteiger partial charge in [0.1, 0.15) is 0 Å². The maximum atomic E-state index is 15.7. The number of hydrogen-bond acceptors (Lipinski definition) is 1. The lowest BCUT2D eigenvalue weighted by molar-refractivity contribution is 0.593. The fourth-order valence-electron chi connectivity index (χ4n) is 9.43. The molecule has 8 aromatic carbocycles. The largest absolute Gasteiger partial charge is 0.309 e. The maximum absolute atomic E-state index is 15.7. The molecular formula is C51H36NOP. The predicted octanol–water partition coefficient (Wildman–Crippen LogP) is 12.0. The zero-order valence-electron chi connectivity index (χ0n) is 30.1. The minimum Gasteiger partial charge on any atom is -0.309 e. The molecule has 0 amide bonds. The van der Waals surface area contributed by atoms with Crippen molar-refractivity contribution in [3.8, 4) is 50.2 Å². The smallest absolute Gasteiger partial charge is 0.172 e. The number of rotatable bonds is 4. The second kappa shape index (κ2) is 11.4. The Bertz CT molecular complexity index is 3030. The minimum atomic E-state index is -3.15. The van der Waals surface area contributed by atoms with Gasteiger partial charge in [0.25, 0.3) is 0 Å². The number of hydrogen-bond donors (Lipinski definition) is 0. The number of para-hydroxylation sites is 1. The van der Waals surface area contributed by atoms with Crippen molar-refractivity contribution in [3.05, 3.63) is 193 Å². The molecule has 54 heavy (non-hydrogen) atoms. The van der Waals surface area contributed by atoms with Gasteiger partial charge in [-0.2, -0.15) is 0 Å². The average molecular weight is 710 g/mol. The summed E-state index contributed by atoms with van der Waals surface area (Å²) in [6.07, 6.45) is 0. The molecule has 256 valence electrons. The van der Waals surface area contributed by atoms with Crippen LogP contribution in [0, 0.1) is 0 Å². The summed E-state index contributed by atoms with van der Waals surface area (Å²) < 4.78 is 18.1. The lowest BCUT2D eigenvalue weighted by atomic mass is 9.82. The molecule has 0 saturated carbocycles. The predicted molar refractivity (Wildman–Crippen MR) is 228 cm³/mol. The third kappa shape index (κ3) is 4.26. The molecule has 0 fully saturated rings. The molecule has 1 aromatic heterocycles. The van der Waals surface area contributed by atoms with Crippen LogP contribution in [0.25, 0.3) is 72.0 Å². The molecule has 2 nitrogen and oxygen atoms in total. The molecule has 2 aliphatic rings. The van der Waals surface area contributed by atoms with Crippen molar-refractivity contribution in [2.75, 3.05) is 0 Å². The van der Waals surface area contributed by atoms with Crippen molar-refractivity contribution < 1.29 is 4.57 Å². The molecule has 1 aliphatic heterocycles. The van der Waals surface area contributed by atoms with Crippen LogP contribution >= 0.6 is 7.14 Å². The van der Waals surface area contributed by atoms with Crippen LogP contribution in [0.15, 0.2) is 182 Å². The summed E-state index contributed by atoms with van der Waals surface area (Å²) in [5.41, 5.74) is 15.6. The van der Waals surface area contributed by atoms with Gasteiger partial charge in [-0.1, -0.05) is 159 Å². The Morgan fingerprint density at radius 1 is 0.463 bits per heavy atom. The summed E-state index contributed by atoms with van der Waals surface area (Å²) in [5.74, 6) is 0. The van der Waals surface area contributed by atoms with E-state index in [1.54, 1.807) is 0 Å². The van der Waals surface area contributed by atoms with E-state index in [1.807, 2.05) is 36.4 Å². The van der Waals surface area contributed by atoms with Crippen molar-refractivity contribution in [1.82, 2.24) is 4.57 Å². The monoisotopic (exact) mass is 709 g/mol. The molecule has 0 saturated heterocycles. The van der Waals surface area contributed by atoms with Gasteiger partial charge < -0.3 is 9.13 Å². The zero-order valence-corrected chi connectivity index (χ0v) is 31.0. The normalized spacial score (nSPS) is 16.3. The van der Waals surface area contributed by atoms with Crippen molar-refractivity contribution in [1.29, 1.82) is 0 Å². The fraction of sp³-hybridized carbons (Fsp3) is 0.0588. The molecule has 11 rings (SSSR count). The standard InChI is InChI=1S/C51H36NOP/c1-51(2)44-28-23-35(33-13-5-3-6-14-33)31-42(44)43-32-36(24-29-45(43)51)34-21-25-37(26-22-34)52-46-19-11-9-18-41(46)49-47(52)30-27-40-39-17-10-12-20-48(39)54(53,50(40)49)38-15-7-4-8-16-38/h3-32H,1-2H3. The summed E-state index contributed by atoms with van der Waals surface area (Å²) in [6.45, 7) is 4.68. The zero-order chi connectivity index (χ0) is 36.2. The number of fused-ring (bicyclic) bond motifs is 10. The number of aromatic nitrogens is 1. The van der Waals surface area contributed by atoms with Gasteiger partial charge in [-0.05, 0) is 92.0 Å². The number of nitrogens with zero attached hydrogens (tertiary/aromatic N) is 1. The summed E-state index contributed by atoms with van der Waals surface area (Å²) >= 11 is 0. The van der Waals surface area contributed by atoms with Crippen LogP contribution in [0.4, 0.5) is 0 Å². The van der Waals surface area contributed by atoms with E-state index < -0.39 is 7.14 Å². The van der Waals surface area contributed by atoms with Gasteiger partial charge in [0.15, 0.2) is 7.14 Å². The highest BCUT2D eigenvalue weighted by atomic mass is 31.2. The molecule has 1 atom stereocenters. The Kier molecular flexibility index (Phi) is 6.61. The summed E-state index contributed by atoms with van der Waals surface area (Å²) in [4.78, 5) is 0. The molecular weight excluding hydrogens is 674 g/mol. The van der Waals surface area contributed by atoms with Crippen LogP contribution < -0.4 is 15.9 Å². The second-order valence-electron chi connectivity index (χ2n) is 15.2. The molecule has 0 spiro atoms. The second-order valence-corrected chi connectivity index (χ2v) is 17.9. The van der Waals surface area contributed by atoms with Gasteiger partial charge >= 0.3 is 0 Å². The van der Waals surface area contributed by atoms with E-state index in [4.69, 9.17) is 0 Å². The van der Waals surface area contributed by atoms with E-state index in [1.165, 1.54) is 44.5 Å². The summed E-state index contributed by atoms with van der Waals surface area (Å²) in [5, 5.41) is 4.95. The molecule has 2 heterocycles. The van der Waals surface area contributed by atoms with Gasteiger partial charge in [-0.15, -0.1) is 0 Å². The van der Waals surface area contributed by atoms with Crippen LogP contribution in [0.5, 0.6) is 0 Å². The summed E-state index contributed by atoms with van der Waals surface area (Å²) in [7, 11) is -3.15. The Labute approximate surface area is 315 Å². The molecule has 1 aliphatic carbocycles. The Morgan fingerprint density at radius 3 is 1.74 bits per heavy atom. The SMILES string of the molecule is CC1(C)c2ccc(-c3ccccc3)cc2-c2cc(-c3ccc(-n4c5ccccc5c5c6c(ccc54)-c4ccccc4P6(=O)c4ccccc4)cc3)ccc21. The first kappa shape index (κ1) is 31.3. The van der Waals surface area contributed by atoms with Crippen LogP contribution in [0.3, 0.4) is 0 Å². The molecule has 0 bridgehead atoms. The van der Waals surface area contributed by atoms with E-state index in [0.29, 0.717) is 0 Å². The van der Waals surface area contributed by atoms with Crippen LogP contribution in [-0.2, 0) is 9.98 Å². The highest BCUT2D eigenvalue weighted by molar-refractivity contribution is 7.86. The van der Waals surface area contributed by atoms with Gasteiger partial charge in [0, 0.05) is 37.8 Å². The quantitative estimate of drug-likeness (QED) is 0.167. The summed E-state index contributed by atoms with van der Waals surface area (Å²) in [6, 6.07) is 64.9. The van der Waals surface area contributed by atoms with E-state index in [9.17, 15) is 0 Å². The Morgan fingerprint density at radius 2 is 1.04 bits per heavy atom. The fourth-order valence-corrected chi connectivity index (χ4v) is 12.7. The lowest BCUT2D eigenvalue weighted by Crippen LogP contribution is -2.21. The highest BCUT2D eigenvalue weighted by Gasteiger charge is 2.42. The molecule has 1 unspecified atom stereocenters. The van der Waals surface area contributed by atoms with Gasteiger partial charge in [-0.25, -0.2) is 0 Å². The van der Waals surface area contributed by atoms with Gasteiger partial charge in [-0.3, -0.25) is 0 Å². The van der Waals surface area contributed by atoms with Crippen molar-refractivity contribution >= 4 is 44.9 Å². The highest BCUT2D eigenvalue weighted by Crippen LogP contribution is 2.55. The molecule has 3 heteroatoms. The van der Waals surface area contributed by atoms with Gasteiger partial charge in [0.2, 0.25) is 0 Å². The Hall–Kier alpha value is -6.21. The first-order valence-corrected chi connectivity index (χ1v) is 20.4. The van der Waals surface area contributed by atoms with Crippen LogP contribution in [0.1, 0.15) is 25.0 Å². The molecule has 0 radical (unpaired) electrons. The van der Waals surface area contributed by atoms with E-state index in [-0.39, 0.29) is 5.41 Å². The lowest BCUT2D eigenvalue weighted by Gasteiger charge is -2.21. The topological polar surface area (TPSA) is 22.0 Å². The van der Waals surface area contributed by atoms with E-state index >= 15 is 4.57 Å². The van der Waals surface area contributed by atoms with Crippen molar-refractivity contribution in [3.63, 3.8) is 0 Å². The van der Waals surface area contributed by atoms with Crippen LogP contribution in [-0.4, -0.2) is 4.57 Å². The van der Waals surface area contributed by atoms with E-state index in [0.717, 1.165) is 54.5 Å². The first-order valence-electron chi connectivity index (χ1n) is 18.7. The Balaban J connectivity index is 1.05. The van der Waals surface area contributed by atoms with Crippen LogP contribution in [0.2, 0.25) is 0 Å². The number of benzene rings is 8. The van der Waals surface area contributed by atoms with Crippen molar-refractivity contribution in [2.24, 2.45) is 0 Å². The first-order chi connectivity index (χ1) is 26.4.